The molecular formula is C26H29N5O2. The number of carbonyl (C=O) groups is 1. The number of ether oxygens (including phenoxy) is 1. The van der Waals surface area contributed by atoms with Crippen LogP contribution in [0.5, 0.6) is 5.75 Å². The fraction of sp³-hybridized carbons (Fsp3) is 0.346. The van der Waals surface area contributed by atoms with Crippen molar-refractivity contribution in [3.05, 3.63) is 60.6 Å². The van der Waals surface area contributed by atoms with Gasteiger partial charge in [0.2, 0.25) is 5.91 Å². The maximum absolute atomic E-state index is 12.7. The number of amides is 1. The summed E-state index contributed by atoms with van der Waals surface area (Å²) in [6, 6.07) is 14.2. The Kier molecular flexibility index (Phi) is 6.64. The number of hydrogen-bond donors (Lipinski definition) is 1. The van der Waals surface area contributed by atoms with Crippen molar-refractivity contribution in [3.8, 4) is 22.9 Å². The molecule has 0 atom stereocenters. The van der Waals surface area contributed by atoms with E-state index in [0.29, 0.717) is 11.3 Å². The molecule has 4 rings (SSSR count). The third-order valence-corrected chi connectivity index (χ3v) is 6.25. The molecule has 1 N–H and O–H groups in total. The number of nitrogens with one attached hydrogen (secondary N) is 1. The number of nitrogens with zero attached hydrogens (tertiary/aromatic N) is 4. The molecule has 170 valence electrons. The molecule has 0 aliphatic heterocycles. The van der Waals surface area contributed by atoms with E-state index < -0.39 is 0 Å². The number of rotatable bonds is 6. The van der Waals surface area contributed by atoms with Gasteiger partial charge in [0.05, 0.1) is 18.4 Å². The first-order valence-electron chi connectivity index (χ1n) is 11.2. The highest BCUT2D eigenvalue weighted by atomic mass is 16.5. The van der Waals surface area contributed by atoms with Crippen LogP contribution in [0.3, 0.4) is 0 Å². The summed E-state index contributed by atoms with van der Waals surface area (Å²) in [6.45, 7) is 1.62. The zero-order valence-corrected chi connectivity index (χ0v) is 19.3. The van der Waals surface area contributed by atoms with Gasteiger partial charge >= 0.3 is 0 Å². The number of benzene rings is 1. The number of nitriles is 1. The molecule has 0 saturated heterocycles. The third-order valence-electron chi connectivity index (χ3n) is 6.25. The molecule has 1 aliphatic carbocycles. The number of methoxy groups -OCH3 is 1. The number of pyridine rings is 1. The summed E-state index contributed by atoms with van der Waals surface area (Å²) in [7, 11) is 3.65. The molecule has 33 heavy (non-hydrogen) atoms. The standard InChI is InChI=1S/C26H29N5O2/c1-18(32)31(24-10-5-20(14-25(24)33-3)21-12-13-30(2)17-21)23-8-6-22(7-9-23)29-26-11-4-19(15-27)16-28-26/h4-5,10-14,16-17,22-23H,6-9H2,1-3H3,(H,28,29). The topological polar surface area (TPSA) is 83.2 Å². The first-order valence-corrected chi connectivity index (χ1v) is 11.2. The smallest absolute Gasteiger partial charge is 0.224 e. The van der Waals surface area contributed by atoms with E-state index in [2.05, 4.69) is 28.6 Å². The summed E-state index contributed by atoms with van der Waals surface area (Å²) in [5.41, 5.74) is 3.53. The van der Waals surface area contributed by atoms with E-state index in [4.69, 9.17) is 10.00 Å². The summed E-state index contributed by atoms with van der Waals surface area (Å²) >= 11 is 0. The Bertz CT molecular complexity index is 1150. The van der Waals surface area contributed by atoms with Gasteiger partial charge < -0.3 is 19.5 Å². The van der Waals surface area contributed by atoms with Crippen molar-refractivity contribution in [1.29, 1.82) is 5.26 Å². The number of carbonyl (C=O) groups excluding carboxylic acids is 1. The minimum atomic E-state index is 0.0194. The van der Waals surface area contributed by atoms with E-state index >= 15 is 0 Å². The van der Waals surface area contributed by atoms with Crippen LogP contribution in [0, 0.1) is 11.3 Å². The van der Waals surface area contributed by atoms with Crippen LogP contribution < -0.4 is 15.0 Å². The van der Waals surface area contributed by atoms with Gasteiger partial charge in [-0.25, -0.2) is 4.98 Å². The summed E-state index contributed by atoms with van der Waals surface area (Å²) in [6.07, 6.45) is 9.29. The fourth-order valence-corrected chi connectivity index (χ4v) is 4.59. The Morgan fingerprint density at radius 3 is 2.55 bits per heavy atom. The monoisotopic (exact) mass is 443 g/mol. The maximum Gasteiger partial charge on any atom is 0.224 e. The largest absolute Gasteiger partial charge is 0.495 e. The summed E-state index contributed by atoms with van der Waals surface area (Å²) in [4.78, 5) is 18.9. The molecule has 1 aliphatic rings. The lowest BCUT2D eigenvalue weighted by Crippen LogP contribution is -2.43. The van der Waals surface area contributed by atoms with Gasteiger partial charge in [0.15, 0.2) is 0 Å². The van der Waals surface area contributed by atoms with Crippen LogP contribution >= 0.6 is 0 Å². The second-order valence-electron chi connectivity index (χ2n) is 8.53. The molecule has 0 spiro atoms. The number of aromatic nitrogens is 2. The van der Waals surface area contributed by atoms with Crippen molar-refractivity contribution in [3.63, 3.8) is 0 Å². The minimum absolute atomic E-state index is 0.0194. The van der Waals surface area contributed by atoms with Gasteiger partial charge in [-0.05, 0) is 67.1 Å². The Morgan fingerprint density at radius 2 is 1.97 bits per heavy atom. The van der Waals surface area contributed by atoms with Gasteiger partial charge in [-0.3, -0.25) is 4.79 Å². The highest BCUT2D eigenvalue weighted by Gasteiger charge is 2.30. The first-order chi connectivity index (χ1) is 16.0. The summed E-state index contributed by atoms with van der Waals surface area (Å²) in [5.74, 6) is 1.50. The Hall–Kier alpha value is -3.79. The van der Waals surface area contributed by atoms with Crippen LogP contribution in [0.1, 0.15) is 38.2 Å². The van der Waals surface area contributed by atoms with Crippen molar-refractivity contribution in [2.45, 2.75) is 44.7 Å². The van der Waals surface area contributed by atoms with Crippen LogP contribution in [-0.2, 0) is 11.8 Å². The number of anilines is 2. The quantitative estimate of drug-likeness (QED) is 0.595. The third kappa shape index (κ3) is 5.01. The Labute approximate surface area is 194 Å². The molecule has 1 fully saturated rings. The highest BCUT2D eigenvalue weighted by molar-refractivity contribution is 5.94. The average molecular weight is 444 g/mol. The average Bonchev–Trinajstić information content (AvgIpc) is 3.27. The molecule has 7 nitrogen and oxygen atoms in total. The molecular weight excluding hydrogens is 414 g/mol. The van der Waals surface area contributed by atoms with Crippen LogP contribution in [-0.4, -0.2) is 34.7 Å². The first kappa shape index (κ1) is 22.4. The Balaban J connectivity index is 1.47. The van der Waals surface area contributed by atoms with Crippen molar-refractivity contribution in [2.75, 3.05) is 17.3 Å². The fourth-order valence-electron chi connectivity index (χ4n) is 4.59. The minimum Gasteiger partial charge on any atom is -0.495 e. The lowest BCUT2D eigenvalue weighted by atomic mass is 9.89. The molecule has 1 amide bonds. The predicted octanol–water partition coefficient (Wildman–Crippen LogP) is 4.74. The van der Waals surface area contributed by atoms with Crippen LogP contribution in [0.25, 0.3) is 11.1 Å². The maximum atomic E-state index is 12.7. The molecule has 0 radical (unpaired) electrons. The number of aryl methyl sites for hydroxylation is 1. The van der Waals surface area contributed by atoms with E-state index in [1.54, 1.807) is 26.3 Å². The van der Waals surface area contributed by atoms with Gasteiger partial charge in [0.25, 0.3) is 0 Å². The highest BCUT2D eigenvalue weighted by Crippen LogP contribution is 2.37. The van der Waals surface area contributed by atoms with E-state index in [1.165, 1.54) is 0 Å². The SMILES string of the molecule is COc1cc(-c2ccn(C)c2)ccc1N(C(C)=O)C1CCC(Nc2ccc(C#N)cn2)CC1. The van der Waals surface area contributed by atoms with Crippen molar-refractivity contribution < 1.29 is 9.53 Å². The van der Waals surface area contributed by atoms with Gasteiger partial charge in [0.1, 0.15) is 17.6 Å². The zero-order chi connectivity index (χ0) is 23.4. The molecule has 2 heterocycles. The lowest BCUT2D eigenvalue weighted by Gasteiger charge is -2.37. The van der Waals surface area contributed by atoms with E-state index in [-0.39, 0.29) is 18.0 Å². The molecule has 1 aromatic carbocycles. The second kappa shape index (κ2) is 9.78. The molecule has 1 saturated carbocycles. The zero-order valence-electron chi connectivity index (χ0n) is 19.3. The van der Waals surface area contributed by atoms with Gasteiger partial charge in [-0.15, -0.1) is 0 Å². The summed E-state index contributed by atoms with van der Waals surface area (Å²) < 4.78 is 7.72. The van der Waals surface area contributed by atoms with Gasteiger partial charge in [-0.1, -0.05) is 6.07 Å². The Morgan fingerprint density at radius 1 is 1.18 bits per heavy atom. The normalized spacial score (nSPS) is 17.8. The molecule has 2 aromatic heterocycles. The molecule has 0 unspecified atom stereocenters. The summed E-state index contributed by atoms with van der Waals surface area (Å²) in [5, 5.41) is 12.4. The van der Waals surface area contributed by atoms with E-state index in [0.717, 1.165) is 48.3 Å². The molecule has 7 heteroatoms. The van der Waals surface area contributed by atoms with Crippen LogP contribution in [0.4, 0.5) is 11.5 Å². The second-order valence-corrected chi connectivity index (χ2v) is 8.53. The van der Waals surface area contributed by atoms with Crippen molar-refractivity contribution >= 4 is 17.4 Å². The van der Waals surface area contributed by atoms with Crippen LogP contribution in [0.15, 0.2) is 55.0 Å². The van der Waals surface area contributed by atoms with Crippen molar-refractivity contribution in [1.82, 2.24) is 9.55 Å². The number of hydrogen-bond acceptors (Lipinski definition) is 5. The lowest BCUT2D eigenvalue weighted by molar-refractivity contribution is -0.117. The van der Waals surface area contributed by atoms with Crippen LogP contribution in [0.2, 0.25) is 0 Å². The molecule has 0 bridgehead atoms. The van der Waals surface area contributed by atoms with Gasteiger partial charge in [0, 0.05) is 44.6 Å². The predicted molar refractivity (Wildman–Crippen MR) is 129 cm³/mol. The van der Waals surface area contributed by atoms with Gasteiger partial charge in [-0.2, -0.15) is 5.26 Å². The molecule has 3 aromatic rings. The van der Waals surface area contributed by atoms with E-state index in [1.807, 2.05) is 47.0 Å². The van der Waals surface area contributed by atoms with Crippen molar-refractivity contribution in [2.24, 2.45) is 7.05 Å². The van der Waals surface area contributed by atoms with E-state index in [9.17, 15) is 4.79 Å².